The van der Waals surface area contributed by atoms with Gasteiger partial charge in [-0.1, -0.05) is 0 Å². The van der Waals surface area contributed by atoms with E-state index in [1.807, 2.05) is 12.3 Å². The molecule has 20 heavy (non-hydrogen) atoms. The van der Waals surface area contributed by atoms with Crippen molar-refractivity contribution in [2.75, 3.05) is 39.4 Å². The topological polar surface area (TPSA) is 61.2 Å². The summed E-state index contributed by atoms with van der Waals surface area (Å²) in [6.07, 6.45) is 2.84. The summed E-state index contributed by atoms with van der Waals surface area (Å²) >= 11 is 1.50. The molecule has 1 aromatic heterocycles. The van der Waals surface area contributed by atoms with Crippen LogP contribution in [-0.4, -0.2) is 49.3 Å². The number of hydrogen-bond acceptors (Lipinski definition) is 6. The quantitative estimate of drug-likeness (QED) is 0.638. The lowest BCUT2D eigenvalue weighted by Crippen LogP contribution is -2.37. The van der Waals surface area contributed by atoms with E-state index in [4.69, 9.17) is 10.00 Å². The minimum absolute atomic E-state index is 0.606. The Bertz CT molecular complexity index is 486. The number of ether oxygens (including phenoxy) is 1. The normalized spacial score (nSPS) is 16.9. The zero-order valence-corrected chi connectivity index (χ0v) is 12.6. The second kappa shape index (κ2) is 8.00. The predicted molar refractivity (Wildman–Crippen MR) is 80.3 cm³/mol. The summed E-state index contributed by atoms with van der Waals surface area (Å²) in [5.41, 5.74) is 1.56. The summed E-state index contributed by atoms with van der Waals surface area (Å²) in [4.78, 5) is 6.73. The van der Waals surface area contributed by atoms with Crippen molar-refractivity contribution >= 4 is 16.9 Å². The summed E-state index contributed by atoms with van der Waals surface area (Å²) in [5, 5.41) is 15.1. The Kier molecular flexibility index (Phi) is 5.99. The molecule has 0 atom stereocenters. The van der Waals surface area contributed by atoms with Crippen LogP contribution >= 0.6 is 11.3 Å². The Morgan fingerprint density at radius 3 is 3.05 bits per heavy atom. The molecule has 1 aliphatic rings. The predicted octanol–water partition coefficient (Wildman–Crippen LogP) is 1.63. The second-order valence-corrected chi connectivity index (χ2v) is 5.58. The molecule has 5 nitrogen and oxygen atoms in total. The van der Waals surface area contributed by atoms with Gasteiger partial charge in [-0.2, -0.15) is 5.26 Å². The van der Waals surface area contributed by atoms with Crippen molar-refractivity contribution < 1.29 is 4.74 Å². The molecule has 1 saturated heterocycles. The van der Waals surface area contributed by atoms with Gasteiger partial charge in [-0.15, -0.1) is 11.3 Å². The average molecular weight is 292 g/mol. The second-order valence-electron chi connectivity index (χ2n) is 4.73. The minimum atomic E-state index is 0.606. The van der Waals surface area contributed by atoms with E-state index in [2.05, 4.69) is 21.3 Å². The Labute approximate surface area is 123 Å². The molecule has 0 aromatic carbocycles. The average Bonchev–Trinajstić information content (AvgIpc) is 2.90. The number of hydrogen-bond donors (Lipinski definition) is 1. The lowest BCUT2D eigenvalue weighted by atomic mass is 10.3. The van der Waals surface area contributed by atoms with Crippen LogP contribution in [0, 0.1) is 18.3 Å². The highest BCUT2D eigenvalue weighted by Gasteiger charge is 2.09. The molecule has 1 N–H and O–H groups in total. The summed E-state index contributed by atoms with van der Waals surface area (Å²) in [6, 6.07) is 2.19. The highest BCUT2D eigenvalue weighted by molar-refractivity contribution is 7.10. The van der Waals surface area contributed by atoms with Gasteiger partial charge in [-0.05, 0) is 19.9 Å². The van der Waals surface area contributed by atoms with Crippen LogP contribution in [-0.2, 0) is 4.74 Å². The number of rotatable bonds is 6. The zero-order chi connectivity index (χ0) is 14.2. The van der Waals surface area contributed by atoms with Gasteiger partial charge in [0.2, 0.25) is 0 Å². The SMILES string of the molecule is Cc1csc(/C(C#N)=C/NCCCN2CCOCC2)n1. The van der Waals surface area contributed by atoms with Crippen LogP contribution < -0.4 is 5.32 Å². The van der Waals surface area contributed by atoms with Crippen LogP contribution in [0.2, 0.25) is 0 Å². The maximum Gasteiger partial charge on any atom is 0.135 e. The van der Waals surface area contributed by atoms with Gasteiger partial charge in [0, 0.05) is 36.9 Å². The maximum atomic E-state index is 9.14. The summed E-state index contributed by atoms with van der Waals surface area (Å²) in [5.74, 6) is 0. The third kappa shape index (κ3) is 4.60. The zero-order valence-electron chi connectivity index (χ0n) is 11.8. The molecule has 6 heteroatoms. The first kappa shape index (κ1) is 15.0. The van der Waals surface area contributed by atoms with Crippen molar-refractivity contribution in [1.82, 2.24) is 15.2 Å². The van der Waals surface area contributed by atoms with Gasteiger partial charge in [0.1, 0.15) is 16.6 Å². The van der Waals surface area contributed by atoms with Crippen LogP contribution in [0.3, 0.4) is 0 Å². The molecule has 0 spiro atoms. The van der Waals surface area contributed by atoms with Crippen molar-refractivity contribution in [2.24, 2.45) is 0 Å². The number of allylic oxidation sites excluding steroid dienone is 1. The number of aromatic nitrogens is 1. The van der Waals surface area contributed by atoms with Crippen molar-refractivity contribution in [3.63, 3.8) is 0 Å². The molecule has 2 rings (SSSR count). The lowest BCUT2D eigenvalue weighted by Gasteiger charge is -2.26. The molecule has 1 aromatic rings. The maximum absolute atomic E-state index is 9.14. The van der Waals surface area contributed by atoms with Crippen LogP contribution in [0.25, 0.3) is 5.57 Å². The molecule has 2 heterocycles. The molecule has 0 radical (unpaired) electrons. The fourth-order valence-corrected chi connectivity index (χ4v) is 2.79. The van der Waals surface area contributed by atoms with Gasteiger partial charge in [-0.3, -0.25) is 4.90 Å². The van der Waals surface area contributed by atoms with Crippen LogP contribution in [0.4, 0.5) is 0 Å². The summed E-state index contributed by atoms with van der Waals surface area (Å²) in [6.45, 7) is 7.61. The third-order valence-corrected chi connectivity index (χ3v) is 4.11. The van der Waals surface area contributed by atoms with Gasteiger partial charge >= 0.3 is 0 Å². The number of aryl methyl sites for hydroxylation is 1. The van der Waals surface area contributed by atoms with Gasteiger partial charge in [-0.25, -0.2) is 4.98 Å². The van der Waals surface area contributed by atoms with Crippen molar-refractivity contribution in [2.45, 2.75) is 13.3 Å². The van der Waals surface area contributed by atoms with Crippen LogP contribution in [0.5, 0.6) is 0 Å². The number of nitriles is 1. The smallest absolute Gasteiger partial charge is 0.135 e. The van der Waals surface area contributed by atoms with Gasteiger partial charge < -0.3 is 10.1 Å². The van der Waals surface area contributed by atoms with E-state index in [1.54, 1.807) is 6.20 Å². The van der Waals surface area contributed by atoms with E-state index in [1.165, 1.54) is 11.3 Å². The number of nitrogens with one attached hydrogen (secondary N) is 1. The first-order valence-corrected chi connectivity index (χ1v) is 7.74. The standard InChI is InChI=1S/C14H20N4OS/c1-12-11-20-14(17-12)13(9-15)10-16-3-2-4-18-5-7-19-8-6-18/h10-11,16H,2-8H2,1H3/b13-10+. The molecule has 1 fully saturated rings. The third-order valence-electron chi connectivity index (χ3n) is 3.12. The number of morpholine rings is 1. The summed E-state index contributed by atoms with van der Waals surface area (Å²) < 4.78 is 5.32. The Morgan fingerprint density at radius 2 is 2.40 bits per heavy atom. The summed E-state index contributed by atoms with van der Waals surface area (Å²) in [7, 11) is 0. The van der Waals surface area contributed by atoms with Crippen LogP contribution in [0.1, 0.15) is 17.1 Å². The molecule has 0 unspecified atom stereocenters. The lowest BCUT2D eigenvalue weighted by molar-refractivity contribution is 0.0375. The highest BCUT2D eigenvalue weighted by atomic mass is 32.1. The first-order valence-electron chi connectivity index (χ1n) is 6.86. The van der Waals surface area contributed by atoms with Gasteiger partial charge in [0.25, 0.3) is 0 Å². The Hall–Kier alpha value is -1.42. The number of thiazole rings is 1. The molecular formula is C14H20N4OS. The Morgan fingerprint density at radius 1 is 1.60 bits per heavy atom. The molecule has 1 aliphatic heterocycles. The molecular weight excluding hydrogens is 272 g/mol. The van der Waals surface area contributed by atoms with Crippen molar-refractivity contribution in [3.8, 4) is 6.07 Å². The van der Waals surface area contributed by atoms with E-state index in [-0.39, 0.29) is 0 Å². The largest absolute Gasteiger partial charge is 0.390 e. The Balaban J connectivity index is 1.70. The molecule has 0 amide bonds. The van der Waals surface area contributed by atoms with E-state index < -0.39 is 0 Å². The fourth-order valence-electron chi connectivity index (χ4n) is 2.02. The van der Waals surface area contributed by atoms with E-state index in [0.29, 0.717) is 5.57 Å². The molecule has 0 saturated carbocycles. The minimum Gasteiger partial charge on any atom is -0.390 e. The molecule has 0 bridgehead atoms. The van der Waals surface area contributed by atoms with Crippen molar-refractivity contribution in [3.05, 3.63) is 22.3 Å². The molecule has 0 aliphatic carbocycles. The van der Waals surface area contributed by atoms with E-state index in [0.717, 1.165) is 56.5 Å². The highest BCUT2D eigenvalue weighted by Crippen LogP contribution is 2.17. The first-order chi connectivity index (χ1) is 9.79. The monoisotopic (exact) mass is 292 g/mol. The van der Waals surface area contributed by atoms with Gasteiger partial charge in [0.15, 0.2) is 0 Å². The van der Waals surface area contributed by atoms with Gasteiger partial charge in [0.05, 0.1) is 13.2 Å². The number of nitrogens with zero attached hydrogens (tertiary/aromatic N) is 3. The van der Waals surface area contributed by atoms with Crippen molar-refractivity contribution in [1.29, 1.82) is 5.26 Å². The van der Waals surface area contributed by atoms with Crippen LogP contribution in [0.15, 0.2) is 11.6 Å². The molecule has 108 valence electrons. The van der Waals surface area contributed by atoms with E-state index >= 15 is 0 Å². The van der Waals surface area contributed by atoms with E-state index in [9.17, 15) is 0 Å². The fraction of sp³-hybridized carbons (Fsp3) is 0.571.